The van der Waals surface area contributed by atoms with E-state index in [-0.39, 0.29) is 18.6 Å². The van der Waals surface area contributed by atoms with Crippen LogP contribution in [0.5, 0.6) is 0 Å². The molecule has 1 aliphatic heterocycles. The van der Waals surface area contributed by atoms with Gasteiger partial charge in [0.25, 0.3) is 5.82 Å². The van der Waals surface area contributed by atoms with E-state index in [1.54, 1.807) is 11.0 Å². The van der Waals surface area contributed by atoms with E-state index < -0.39 is 29.7 Å². The number of ether oxygens (including phenoxy) is 1. The maximum absolute atomic E-state index is 13.1. The number of anilines is 1. The van der Waals surface area contributed by atoms with Crippen LogP contribution < -0.4 is 4.90 Å². The van der Waals surface area contributed by atoms with E-state index in [2.05, 4.69) is 15.3 Å². The number of hydrogen-bond donors (Lipinski definition) is 1. The summed E-state index contributed by atoms with van der Waals surface area (Å²) in [7, 11) is 0. The van der Waals surface area contributed by atoms with Crippen LogP contribution in [0.1, 0.15) is 31.5 Å². The first-order valence-corrected chi connectivity index (χ1v) is 8.20. The zero-order chi connectivity index (χ0) is 18.5. The van der Waals surface area contributed by atoms with Crippen molar-refractivity contribution in [3.63, 3.8) is 0 Å². The van der Waals surface area contributed by atoms with Gasteiger partial charge < -0.3 is 14.7 Å². The van der Waals surface area contributed by atoms with Crippen LogP contribution in [0.25, 0.3) is 5.65 Å². The van der Waals surface area contributed by atoms with Crippen LogP contribution in [0.2, 0.25) is 0 Å². The Morgan fingerprint density at radius 2 is 2.12 bits per heavy atom. The Bertz CT molecular complexity index is 849. The maximum atomic E-state index is 13.1. The minimum atomic E-state index is -4.67. The van der Waals surface area contributed by atoms with E-state index in [0.29, 0.717) is 16.9 Å². The maximum Gasteiger partial charge on any atom is 0.453 e. The van der Waals surface area contributed by atoms with Crippen molar-refractivity contribution in [1.82, 2.24) is 19.8 Å². The number of rotatable bonds is 3. The van der Waals surface area contributed by atoms with E-state index in [9.17, 15) is 18.0 Å². The fraction of sp³-hybridized carbons (Fsp3) is 0.600. The summed E-state index contributed by atoms with van der Waals surface area (Å²) in [6, 6.07) is 2.99. The van der Waals surface area contributed by atoms with E-state index in [0.717, 1.165) is 19.3 Å². The number of fused-ring (bicyclic) bond motifs is 1. The predicted molar refractivity (Wildman–Crippen MR) is 81.7 cm³/mol. The Balaban J connectivity index is 1.67. The zero-order valence-electron chi connectivity index (χ0n) is 13.6. The molecule has 1 saturated carbocycles. The van der Waals surface area contributed by atoms with E-state index in [4.69, 9.17) is 9.84 Å². The minimum Gasteiger partial charge on any atom is -0.481 e. The van der Waals surface area contributed by atoms with Gasteiger partial charge in [-0.15, -0.1) is 15.3 Å². The van der Waals surface area contributed by atoms with Crippen LogP contribution in [-0.4, -0.2) is 55.7 Å². The molecule has 0 aromatic carbocycles. The SMILES string of the molecule is O=C(O)CC1CN(c2ccc3nnc(C(F)(F)F)n3n2)CC2(CCC2)O1. The van der Waals surface area contributed by atoms with E-state index in [1.807, 2.05) is 0 Å². The molecule has 0 radical (unpaired) electrons. The lowest BCUT2D eigenvalue weighted by Gasteiger charge is -2.51. The lowest BCUT2D eigenvalue weighted by molar-refractivity contribution is -0.163. The topological polar surface area (TPSA) is 92.8 Å². The molecule has 3 heterocycles. The third-order valence-corrected chi connectivity index (χ3v) is 4.81. The van der Waals surface area contributed by atoms with Crippen molar-refractivity contribution in [2.24, 2.45) is 0 Å². The van der Waals surface area contributed by atoms with Crippen molar-refractivity contribution in [1.29, 1.82) is 0 Å². The van der Waals surface area contributed by atoms with Gasteiger partial charge in [0.2, 0.25) is 0 Å². The number of carbonyl (C=O) groups is 1. The van der Waals surface area contributed by atoms with Gasteiger partial charge in [0.1, 0.15) is 5.82 Å². The Morgan fingerprint density at radius 1 is 1.35 bits per heavy atom. The van der Waals surface area contributed by atoms with Gasteiger partial charge in [-0.2, -0.15) is 17.7 Å². The second-order valence-electron chi connectivity index (χ2n) is 6.74. The minimum absolute atomic E-state index is 0.00484. The number of hydrogen-bond acceptors (Lipinski definition) is 6. The summed E-state index contributed by atoms with van der Waals surface area (Å²) in [5.74, 6) is -1.86. The Labute approximate surface area is 145 Å². The average Bonchev–Trinajstić information content (AvgIpc) is 2.95. The lowest BCUT2D eigenvalue weighted by atomic mass is 9.78. The summed E-state index contributed by atoms with van der Waals surface area (Å²) < 4.78 is 45.8. The summed E-state index contributed by atoms with van der Waals surface area (Å²) in [5, 5.41) is 19.8. The van der Waals surface area contributed by atoms with Crippen LogP contribution >= 0.6 is 0 Å². The molecule has 26 heavy (non-hydrogen) atoms. The fourth-order valence-electron chi connectivity index (χ4n) is 3.53. The number of aliphatic carboxylic acids is 1. The number of carboxylic acid groups (broad SMARTS) is 1. The first-order valence-electron chi connectivity index (χ1n) is 8.20. The molecule has 2 aromatic rings. The molecule has 8 nitrogen and oxygen atoms in total. The third kappa shape index (κ3) is 2.96. The molecule has 1 spiro atoms. The summed E-state index contributed by atoms with van der Waals surface area (Å²) in [6.07, 6.45) is -2.81. The van der Waals surface area contributed by atoms with E-state index in [1.165, 1.54) is 6.07 Å². The predicted octanol–water partition coefficient (Wildman–Crippen LogP) is 1.75. The number of nitrogens with zero attached hydrogens (tertiary/aromatic N) is 5. The lowest BCUT2D eigenvalue weighted by Crippen LogP contribution is -2.59. The van der Waals surface area contributed by atoms with Crippen LogP contribution in [0.4, 0.5) is 19.0 Å². The molecule has 2 fully saturated rings. The quantitative estimate of drug-likeness (QED) is 0.879. The summed E-state index contributed by atoms with van der Waals surface area (Å²) in [6.45, 7) is 0.709. The smallest absolute Gasteiger partial charge is 0.453 e. The van der Waals surface area contributed by atoms with Gasteiger partial charge in [-0.25, -0.2) is 0 Å². The second kappa shape index (κ2) is 5.79. The molecule has 2 aliphatic rings. The molecule has 4 rings (SSSR count). The van der Waals surface area contributed by atoms with Gasteiger partial charge in [0.15, 0.2) is 5.65 Å². The molecule has 2 aromatic heterocycles. The van der Waals surface area contributed by atoms with Crippen molar-refractivity contribution in [2.75, 3.05) is 18.0 Å². The first kappa shape index (κ1) is 17.0. The van der Waals surface area contributed by atoms with Crippen molar-refractivity contribution < 1.29 is 27.8 Å². The number of aromatic nitrogens is 4. The molecule has 1 unspecified atom stereocenters. The first-order chi connectivity index (χ1) is 12.3. The number of alkyl halides is 3. The summed E-state index contributed by atoms with van der Waals surface area (Å²) in [4.78, 5) is 12.9. The largest absolute Gasteiger partial charge is 0.481 e. The van der Waals surface area contributed by atoms with E-state index >= 15 is 0 Å². The third-order valence-electron chi connectivity index (χ3n) is 4.81. The Hall–Kier alpha value is -2.43. The van der Waals surface area contributed by atoms with Crippen molar-refractivity contribution in [2.45, 2.75) is 43.6 Å². The number of morpholine rings is 1. The van der Waals surface area contributed by atoms with Gasteiger partial charge in [0, 0.05) is 13.1 Å². The van der Waals surface area contributed by atoms with Crippen LogP contribution in [-0.2, 0) is 15.7 Å². The molecule has 1 aliphatic carbocycles. The highest BCUT2D eigenvalue weighted by Crippen LogP contribution is 2.41. The van der Waals surface area contributed by atoms with Crippen molar-refractivity contribution >= 4 is 17.4 Å². The van der Waals surface area contributed by atoms with Gasteiger partial charge in [0.05, 0.1) is 18.1 Å². The zero-order valence-corrected chi connectivity index (χ0v) is 13.6. The van der Waals surface area contributed by atoms with Gasteiger partial charge in [-0.1, -0.05) is 0 Å². The van der Waals surface area contributed by atoms with Gasteiger partial charge in [-0.3, -0.25) is 4.79 Å². The summed E-state index contributed by atoms with van der Waals surface area (Å²) in [5.41, 5.74) is -0.454. The highest BCUT2D eigenvalue weighted by Gasteiger charge is 2.46. The molecule has 0 amide bonds. The van der Waals surface area contributed by atoms with Crippen LogP contribution in [0, 0.1) is 0 Å². The van der Waals surface area contributed by atoms with Gasteiger partial charge in [-0.05, 0) is 31.4 Å². The fourth-order valence-corrected chi connectivity index (χ4v) is 3.53. The van der Waals surface area contributed by atoms with Crippen molar-refractivity contribution in [3.8, 4) is 0 Å². The molecular weight excluding hydrogens is 355 g/mol. The molecule has 11 heteroatoms. The molecule has 140 valence electrons. The van der Waals surface area contributed by atoms with Crippen LogP contribution in [0.3, 0.4) is 0 Å². The Kier molecular flexibility index (Phi) is 3.79. The molecule has 1 saturated heterocycles. The number of carboxylic acids is 1. The van der Waals surface area contributed by atoms with Gasteiger partial charge >= 0.3 is 12.1 Å². The molecule has 1 N–H and O–H groups in total. The summed E-state index contributed by atoms with van der Waals surface area (Å²) >= 11 is 0. The Morgan fingerprint density at radius 3 is 2.73 bits per heavy atom. The second-order valence-corrected chi connectivity index (χ2v) is 6.74. The monoisotopic (exact) mass is 371 g/mol. The number of halogens is 3. The molecule has 0 bridgehead atoms. The normalized spacial score (nSPS) is 22.6. The average molecular weight is 371 g/mol. The van der Waals surface area contributed by atoms with Crippen LogP contribution in [0.15, 0.2) is 12.1 Å². The standard InChI is InChI=1S/C15H16F3N5O3/c16-15(17,18)13-20-19-10-2-3-11(21-23(10)13)22-7-9(6-12(24)25)26-14(8-22)4-1-5-14/h2-3,9H,1,4-8H2,(H,24,25). The molecular formula is C15H16F3N5O3. The highest BCUT2D eigenvalue weighted by molar-refractivity contribution is 5.67. The highest BCUT2D eigenvalue weighted by atomic mass is 19.4. The molecule has 1 atom stereocenters. The van der Waals surface area contributed by atoms with Crippen molar-refractivity contribution in [3.05, 3.63) is 18.0 Å².